The van der Waals surface area contributed by atoms with Crippen LogP contribution in [0.2, 0.25) is 0 Å². The predicted molar refractivity (Wildman–Crippen MR) is 114 cm³/mol. The molecule has 0 aromatic rings. The van der Waals surface area contributed by atoms with Crippen LogP contribution in [-0.4, -0.2) is 36.0 Å². The van der Waals surface area contributed by atoms with Crippen LogP contribution in [-0.2, 0) is 4.79 Å². The highest BCUT2D eigenvalue weighted by Gasteiger charge is 2.23. The third-order valence-electron chi connectivity index (χ3n) is 5.59. The Bertz CT molecular complexity index is 343. The molecule has 1 aliphatic heterocycles. The van der Waals surface area contributed by atoms with Gasteiger partial charge >= 0.3 is 0 Å². The maximum absolute atomic E-state index is 12.4. The van der Waals surface area contributed by atoms with E-state index in [0.717, 1.165) is 32.4 Å². The number of hydrogen-bond donors (Lipinski definition) is 1. The summed E-state index contributed by atoms with van der Waals surface area (Å²) >= 11 is 0. The van der Waals surface area contributed by atoms with Gasteiger partial charge in [-0.2, -0.15) is 0 Å². The van der Waals surface area contributed by atoms with E-state index in [-0.39, 0.29) is 0 Å². The lowest BCUT2D eigenvalue weighted by Gasteiger charge is -2.34. The highest BCUT2D eigenvalue weighted by Crippen LogP contribution is 2.15. The summed E-state index contributed by atoms with van der Waals surface area (Å²) < 4.78 is 0. The normalized spacial score (nSPS) is 17.8. The zero-order valence-electron chi connectivity index (χ0n) is 18.0. The van der Waals surface area contributed by atoms with Gasteiger partial charge in [-0.3, -0.25) is 4.79 Å². The highest BCUT2D eigenvalue weighted by molar-refractivity contribution is 5.76. The summed E-state index contributed by atoms with van der Waals surface area (Å²) in [5.74, 6) is 0.382. The van der Waals surface area contributed by atoms with Crippen LogP contribution in [0, 0.1) is 0 Å². The number of nitrogens with one attached hydrogen (secondary N) is 1. The van der Waals surface area contributed by atoms with Crippen molar-refractivity contribution in [3.63, 3.8) is 0 Å². The van der Waals surface area contributed by atoms with E-state index >= 15 is 0 Å². The molecule has 0 saturated carbocycles. The van der Waals surface area contributed by atoms with Crippen LogP contribution in [0.1, 0.15) is 117 Å². The van der Waals surface area contributed by atoms with Crippen molar-refractivity contribution in [1.82, 2.24) is 10.2 Å². The number of hydrogen-bond acceptors (Lipinski definition) is 2. The Balaban J connectivity index is 1.93. The summed E-state index contributed by atoms with van der Waals surface area (Å²) in [6.45, 7) is 8.53. The number of amides is 1. The van der Waals surface area contributed by atoms with Crippen molar-refractivity contribution in [2.24, 2.45) is 0 Å². The number of piperidine rings is 1. The first kappa shape index (κ1) is 23.5. The molecule has 0 aromatic heterocycles. The smallest absolute Gasteiger partial charge is 0.222 e. The quantitative estimate of drug-likeness (QED) is 0.357. The van der Waals surface area contributed by atoms with E-state index in [1.165, 1.54) is 77.0 Å². The third kappa shape index (κ3) is 11.9. The number of unbranched alkanes of at least 4 members (excludes halogenated alkanes) is 11. The predicted octanol–water partition coefficient (Wildman–Crippen LogP) is 6.07. The molecule has 3 nitrogen and oxygen atoms in total. The minimum atomic E-state index is 0.382. The van der Waals surface area contributed by atoms with Gasteiger partial charge in [0.25, 0.3) is 0 Å². The van der Waals surface area contributed by atoms with E-state index in [9.17, 15) is 4.79 Å². The summed E-state index contributed by atoms with van der Waals surface area (Å²) in [7, 11) is 0. The van der Waals surface area contributed by atoms with E-state index < -0.39 is 0 Å². The molecule has 1 heterocycles. The molecule has 26 heavy (non-hydrogen) atoms. The molecular formula is C23H46N2O. The van der Waals surface area contributed by atoms with Crippen LogP contribution >= 0.6 is 0 Å². The summed E-state index contributed by atoms with van der Waals surface area (Å²) in [5, 5.41) is 3.59. The second kappa shape index (κ2) is 15.5. The van der Waals surface area contributed by atoms with Gasteiger partial charge in [0.2, 0.25) is 5.91 Å². The minimum absolute atomic E-state index is 0.382. The molecule has 1 aliphatic rings. The molecule has 1 fully saturated rings. The minimum Gasteiger partial charge on any atom is -0.341 e. The van der Waals surface area contributed by atoms with Crippen molar-refractivity contribution in [1.29, 1.82) is 0 Å². The lowest BCUT2D eigenvalue weighted by atomic mass is 10.0. The zero-order chi connectivity index (χ0) is 19.0. The molecule has 1 rings (SSSR count). The van der Waals surface area contributed by atoms with Gasteiger partial charge in [0.15, 0.2) is 0 Å². The Morgan fingerprint density at radius 1 is 0.923 bits per heavy atom. The first-order chi connectivity index (χ1) is 12.6. The SMILES string of the molecule is CCCCCCCCCCCCCCC(=O)N1CCC[C@@H](NC(C)C)C1. The Morgan fingerprint density at radius 3 is 2.00 bits per heavy atom. The van der Waals surface area contributed by atoms with E-state index in [1.807, 2.05) is 0 Å². The van der Waals surface area contributed by atoms with Crippen molar-refractivity contribution in [2.75, 3.05) is 13.1 Å². The maximum Gasteiger partial charge on any atom is 0.222 e. The lowest BCUT2D eigenvalue weighted by molar-refractivity contribution is -0.132. The van der Waals surface area contributed by atoms with Crippen LogP contribution in [0.25, 0.3) is 0 Å². The van der Waals surface area contributed by atoms with Gasteiger partial charge in [-0.1, -0.05) is 91.4 Å². The largest absolute Gasteiger partial charge is 0.341 e. The Hall–Kier alpha value is -0.570. The van der Waals surface area contributed by atoms with Crippen molar-refractivity contribution in [2.45, 2.75) is 129 Å². The first-order valence-corrected chi connectivity index (χ1v) is 11.7. The highest BCUT2D eigenvalue weighted by atomic mass is 16.2. The molecule has 3 heteroatoms. The number of carbonyl (C=O) groups excluding carboxylic acids is 1. The van der Waals surface area contributed by atoms with Crippen LogP contribution in [0.15, 0.2) is 0 Å². The average molecular weight is 367 g/mol. The molecule has 1 N–H and O–H groups in total. The van der Waals surface area contributed by atoms with Crippen molar-refractivity contribution in [3.05, 3.63) is 0 Å². The molecule has 0 spiro atoms. The lowest BCUT2D eigenvalue weighted by Crippen LogP contribution is -2.49. The molecule has 1 amide bonds. The standard InChI is InChI=1S/C23H46N2O/c1-4-5-6-7-8-9-10-11-12-13-14-15-18-23(26)25-19-16-17-22(20-25)24-21(2)3/h21-22,24H,4-20H2,1-3H3/t22-/m1/s1. The number of likely N-dealkylation sites (tertiary alicyclic amines) is 1. The van der Waals surface area contributed by atoms with Crippen molar-refractivity contribution in [3.8, 4) is 0 Å². The molecule has 154 valence electrons. The maximum atomic E-state index is 12.4. The van der Waals surface area contributed by atoms with E-state index in [0.29, 0.717) is 18.0 Å². The fourth-order valence-corrected chi connectivity index (χ4v) is 4.09. The summed E-state index contributed by atoms with van der Waals surface area (Å²) in [4.78, 5) is 14.5. The zero-order valence-corrected chi connectivity index (χ0v) is 18.0. The molecule has 0 radical (unpaired) electrons. The Morgan fingerprint density at radius 2 is 1.46 bits per heavy atom. The van der Waals surface area contributed by atoms with Gasteiger partial charge in [0, 0.05) is 31.6 Å². The first-order valence-electron chi connectivity index (χ1n) is 11.7. The van der Waals surface area contributed by atoms with Crippen LogP contribution in [0.5, 0.6) is 0 Å². The van der Waals surface area contributed by atoms with Crippen LogP contribution in [0.4, 0.5) is 0 Å². The fourth-order valence-electron chi connectivity index (χ4n) is 4.09. The summed E-state index contributed by atoms with van der Waals surface area (Å²) in [5.41, 5.74) is 0. The topological polar surface area (TPSA) is 32.3 Å². The molecule has 1 saturated heterocycles. The second-order valence-electron chi connectivity index (χ2n) is 8.64. The van der Waals surface area contributed by atoms with Gasteiger partial charge in [0.1, 0.15) is 0 Å². The third-order valence-corrected chi connectivity index (χ3v) is 5.59. The van der Waals surface area contributed by atoms with E-state index in [1.54, 1.807) is 0 Å². The van der Waals surface area contributed by atoms with Crippen LogP contribution in [0.3, 0.4) is 0 Å². The molecule has 0 aromatic carbocycles. The number of carbonyl (C=O) groups is 1. The van der Waals surface area contributed by atoms with Gasteiger partial charge in [-0.15, -0.1) is 0 Å². The van der Waals surface area contributed by atoms with Crippen molar-refractivity contribution < 1.29 is 4.79 Å². The molecule has 1 atom stereocenters. The van der Waals surface area contributed by atoms with Gasteiger partial charge in [-0.25, -0.2) is 0 Å². The molecule has 0 aliphatic carbocycles. The summed E-state index contributed by atoms with van der Waals surface area (Å²) in [6.07, 6.45) is 19.3. The van der Waals surface area contributed by atoms with Gasteiger partial charge in [-0.05, 0) is 19.3 Å². The Labute approximate surface area is 163 Å². The number of rotatable bonds is 15. The molecule has 0 bridgehead atoms. The van der Waals surface area contributed by atoms with E-state index in [4.69, 9.17) is 0 Å². The monoisotopic (exact) mass is 366 g/mol. The van der Waals surface area contributed by atoms with Gasteiger partial charge < -0.3 is 10.2 Å². The van der Waals surface area contributed by atoms with Crippen LogP contribution < -0.4 is 5.32 Å². The fraction of sp³-hybridized carbons (Fsp3) is 0.957. The summed E-state index contributed by atoms with van der Waals surface area (Å²) in [6, 6.07) is 1.00. The second-order valence-corrected chi connectivity index (χ2v) is 8.64. The number of nitrogens with zero attached hydrogens (tertiary/aromatic N) is 1. The van der Waals surface area contributed by atoms with Gasteiger partial charge in [0.05, 0.1) is 0 Å². The van der Waals surface area contributed by atoms with Crippen molar-refractivity contribution >= 4 is 5.91 Å². The average Bonchev–Trinajstić information content (AvgIpc) is 2.62. The van der Waals surface area contributed by atoms with E-state index in [2.05, 4.69) is 31.0 Å². The Kier molecular flexibility index (Phi) is 14.0. The molecular weight excluding hydrogens is 320 g/mol. The molecule has 0 unspecified atom stereocenters.